The Labute approximate surface area is 117 Å². The molecule has 0 amide bonds. The van der Waals surface area contributed by atoms with Gasteiger partial charge in [-0.2, -0.15) is 4.31 Å². The fourth-order valence-electron chi connectivity index (χ4n) is 2.25. The first kappa shape index (κ1) is 15.0. The highest BCUT2D eigenvalue weighted by Crippen LogP contribution is 2.26. The molecule has 0 bridgehead atoms. The number of carboxylic acids is 1. The van der Waals surface area contributed by atoms with Gasteiger partial charge >= 0.3 is 5.97 Å². The molecule has 112 valence electrons. The molecular formula is C12H18N2O5S. The Kier molecular flexibility index (Phi) is 3.66. The standard InChI is InChI=1S/C12H18N2O5S/c1-12(17)3-5-14(6-4-12)20(18,19)9-7-10(11(15)16)13(2)8-9/h7-8,17H,3-6H2,1-2H3,(H,15,16). The van der Waals surface area contributed by atoms with Crippen LogP contribution in [-0.2, 0) is 17.1 Å². The SMILES string of the molecule is Cn1cc(S(=O)(=O)N2CCC(C)(O)CC2)cc1C(=O)O. The average Bonchev–Trinajstić information content (AvgIpc) is 2.71. The number of aromatic carboxylic acids is 1. The molecule has 20 heavy (non-hydrogen) atoms. The van der Waals surface area contributed by atoms with E-state index in [1.54, 1.807) is 6.92 Å². The number of hydrogen-bond acceptors (Lipinski definition) is 4. The predicted molar refractivity (Wildman–Crippen MR) is 71.0 cm³/mol. The van der Waals surface area contributed by atoms with Crippen molar-refractivity contribution in [3.8, 4) is 0 Å². The topological polar surface area (TPSA) is 99.8 Å². The van der Waals surface area contributed by atoms with Gasteiger partial charge in [-0.1, -0.05) is 0 Å². The van der Waals surface area contributed by atoms with Crippen LogP contribution < -0.4 is 0 Å². The summed E-state index contributed by atoms with van der Waals surface area (Å²) in [4.78, 5) is 10.9. The highest BCUT2D eigenvalue weighted by Gasteiger charge is 2.34. The van der Waals surface area contributed by atoms with Crippen molar-refractivity contribution in [1.29, 1.82) is 0 Å². The van der Waals surface area contributed by atoms with Crippen LogP contribution >= 0.6 is 0 Å². The number of sulfonamides is 1. The lowest BCUT2D eigenvalue weighted by Crippen LogP contribution is -2.44. The van der Waals surface area contributed by atoms with Gasteiger partial charge in [0.25, 0.3) is 0 Å². The van der Waals surface area contributed by atoms with Crippen LogP contribution in [0, 0.1) is 0 Å². The van der Waals surface area contributed by atoms with Gasteiger partial charge in [0.2, 0.25) is 10.0 Å². The molecule has 0 atom stereocenters. The summed E-state index contributed by atoms with van der Waals surface area (Å²) in [5, 5.41) is 18.8. The zero-order valence-electron chi connectivity index (χ0n) is 11.4. The molecule has 2 rings (SSSR count). The van der Waals surface area contributed by atoms with Crippen LogP contribution in [0.4, 0.5) is 0 Å². The largest absolute Gasteiger partial charge is 0.477 e. The summed E-state index contributed by atoms with van der Waals surface area (Å²) in [6.45, 7) is 2.14. The molecule has 0 radical (unpaired) electrons. The third kappa shape index (κ3) is 2.72. The Bertz CT molecular complexity index is 622. The molecule has 1 aliphatic rings. The summed E-state index contributed by atoms with van der Waals surface area (Å²) in [7, 11) is -2.22. The second-order valence-electron chi connectivity index (χ2n) is 5.38. The minimum absolute atomic E-state index is 0.0288. The number of nitrogens with zero attached hydrogens (tertiary/aromatic N) is 2. The van der Waals surface area contributed by atoms with Gasteiger partial charge in [0.05, 0.1) is 5.60 Å². The van der Waals surface area contributed by atoms with E-state index in [2.05, 4.69) is 0 Å². The highest BCUT2D eigenvalue weighted by atomic mass is 32.2. The Morgan fingerprint density at radius 3 is 2.35 bits per heavy atom. The molecule has 1 aromatic rings. The van der Waals surface area contributed by atoms with Crippen LogP contribution in [0.25, 0.3) is 0 Å². The lowest BCUT2D eigenvalue weighted by molar-refractivity contribution is 0.0126. The van der Waals surface area contributed by atoms with Crippen LogP contribution in [0.1, 0.15) is 30.3 Å². The Morgan fingerprint density at radius 2 is 1.90 bits per heavy atom. The quantitative estimate of drug-likeness (QED) is 0.834. The van der Waals surface area contributed by atoms with Gasteiger partial charge in [-0.05, 0) is 25.8 Å². The number of carbonyl (C=O) groups is 1. The second-order valence-corrected chi connectivity index (χ2v) is 7.32. The summed E-state index contributed by atoms with van der Waals surface area (Å²) in [5.41, 5.74) is -0.915. The molecule has 7 nitrogen and oxygen atoms in total. The third-order valence-corrected chi connectivity index (χ3v) is 5.50. The number of aliphatic hydroxyl groups is 1. The van der Waals surface area contributed by atoms with Gasteiger partial charge in [0.15, 0.2) is 0 Å². The van der Waals surface area contributed by atoms with Crippen LogP contribution in [-0.4, -0.2) is 52.2 Å². The molecule has 2 heterocycles. The molecule has 1 aromatic heterocycles. The molecule has 0 aromatic carbocycles. The van der Waals surface area contributed by atoms with E-state index in [1.165, 1.54) is 22.1 Å². The van der Waals surface area contributed by atoms with E-state index in [-0.39, 0.29) is 23.7 Å². The Balaban J connectivity index is 2.27. The lowest BCUT2D eigenvalue weighted by Gasteiger charge is -2.34. The van der Waals surface area contributed by atoms with Crippen molar-refractivity contribution in [3.05, 3.63) is 18.0 Å². The molecule has 1 saturated heterocycles. The average molecular weight is 302 g/mol. The lowest BCUT2D eigenvalue weighted by atomic mass is 9.95. The van der Waals surface area contributed by atoms with Crippen LogP contribution in [0.5, 0.6) is 0 Å². The summed E-state index contributed by atoms with van der Waals surface area (Å²) in [5.74, 6) is -1.17. The number of carboxylic acid groups (broad SMARTS) is 1. The maximum Gasteiger partial charge on any atom is 0.352 e. The summed E-state index contributed by atoms with van der Waals surface area (Å²) in [6.07, 6.45) is 2.03. The normalized spacial score (nSPS) is 19.9. The Morgan fingerprint density at radius 1 is 1.35 bits per heavy atom. The first-order chi connectivity index (χ1) is 9.13. The summed E-state index contributed by atoms with van der Waals surface area (Å²) < 4.78 is 27.4. The van der Waals surface area contributed by atoms with Crippen LogP contribution in [0.2, 0.25) is 0 Å². The van der Waals surface area contributed by atoms with E-state index in [0.717, 1.165) is 6.07 Å². The van der Waals surface area contributed by atoms with Crippen molar-refractivity contribution in [2.24, 2.45) is 7.05 Å². The minimum Gasteiger partial charge on any atom is -0.477 e. The zero-order chi connectivity index (χ0) is 15.1. The molecule has 0 aliphatic carbocycles. The number of hydrogen-bond donors (Lipinski definition) is 2. The van der Waals surface area contributed by atoms with Gasteiger partial charge in [0, 0.05) is 26.3 Å². The van der Waals surface area contributed by atoms with Crippen molar-refractivity contribution < 1.29 is 23.4 Å². The van der Waals surface area contributed by atoms with Crippen LogP contribution in [0.15, 0.2) is 17.2 Å². The molecule has 1 aliphatic heterocycles. The number of piperidine rings is 1. The van der Waals surface area contributed by atoms with E-state index in [0.29, 0.717) is 12.8 Å². The maximum absolute atomic E-state index is 12.4. The van der Waals surface area contributed by atoms with E-state index < -0.39 is 21.6 Å². The van der Waals surface area contributed by atoms with Crippen molar-refractivity contribution >= 4 is 16.0 Å². The molecule has 1 fully saturated rings. The molecule has 0 saturated carbocycles. The summed E-state index contributed by atoms with van der Waals surface area (Å²) in [6, 6.07) is 1.16. The van der Waals surface area contributed by atoms with Gasteiger partial charge in [-0.25, -0.2) is 13.2 Å². The predicted octanol–water partition coefficient (Wildman–Crippen LogP) is 0.259. The van der Waals surface area contributed by atoms with Crippen LogP contribution in [0.3, 0.4) is 0 Å². The highest BCUT2D eigenvalue weighted by molar-refractivity contribution is 7.89. The fraction of sp³-hybridized carbons (Fsp3) is 0.583. The first-order valence-corrected chi connectivity index (χ1v) is 7.70. The molecular weight excluding hydrogens is 284 g/mol. The molecule has 0 spiro atoms. The maximum atomic E-state index is 12.4. The molecule has 2 N–H and O–H groups in total. The number of aromatic nitrogens is 1. The number of rotatable bonds is 3. The summed E-state index contributed by atoms with van der Waals surface area (Å²) >= 11 is 0. The van der Waals surface area contributed by atoms with Crippen molar-refractivity contribution in [2.75, 3.05) is 13.1 Å². The molecule has 0 unspecified atom stereocenters. The van der Waals surface area contributed by atoms with Crippen molar-refractivity contribution in [2.45, 2.75) is 30.3 Å². The zero-order valence-corrected chi connectivity index (χ0v) is 12.2. The van der Waals surface area contributed by atoms with E-state index in [1.807, 2.05) is 0 Å². The number of aryl methyl sites for hydroxylation is 1. The van der Waals surface area contributed by atoms with E-state index >= 15 is 0 Å². The van der Waals surface area contributed by atoms with E-state index in [4.69, 9.17) is 5.11 Å². The fourth-order valence-corrected chi connectivity index (χ4v) is 3.76. The first-order valence-electron chi connectivity index (χ1n) is 6.26. The smallest absolute Gasteiger partial charge is 0.352 e. The minimum atomic E-state index is -3.71. The second kappa shape index (κ2) is 4.87. The van der Waals surface area contributed by atoms with Gasteiger partial charge in [0.1, 0.15) is 10.6 Å². The van der Waals surface area contributed by atoms with Crippen molar-refractivity contribution in [3.63, 3.8) is 0 Å². The van der Waals surface area contributed by atoms with Gasteiger partial charge in [-0.15, -0.1) is 0 Å². The van der Waals surface area contributed by atoms with Crippen molar-refractivity contribution in [1.82, 2.24) is 8.87 Å². The van der Waals surface area contributed by atoms with E-state index in [9.17, 15) is 18.3 Å². The molecule has 8 heteroatoms. The third-order valence-electron chi connectivity index (χ3n) is 3.64. The van der Waals surface area contributed by atoms with Gasteiger partial charge in [-0.3, -0.25) is 0 Å². The monoisotopic (exact) mass is 302 g/mol. The Hall–Kier alpha value is -1.38. The van der Waals surface area contributed by atoms with Gasteiger partial charge < -0.3 is 14.8 Å².